The maximum absolute atomic E-state index is 4.11. The second kappa shape index (κ2) is 6.68. The van der Waals surface area contributed by atoms with Crippen molar-refractivity contribution in [2.24, 2.45) is 5.41 Å². The third-order valence-corrected chi connectivity index (χ3v) is 4.87. The lowest BCUT2D eigenvalue weighted by Crippen LogP contribution is -2.57. The minimum Gasteiger partial charge on any atom is -0.315 e. The first-order valence-corrected chi connectivity index (χ1v) is 7.88. The van der Waals surface area contributed by atoms with E-state index in [9.17, 15) is 0 Å². The average Bonchev–Trinajstić information content (AvgIpc) is 2.44. The standard InChI is InChI=1S/C17H29N3/c1-5-20(13-14-8-11-19-12-9-14)15-7-6-10-17(2,3)16(15)18-4/h8-9,11-12,15-16,18H,5-7,10,13H2,1-4H3. The first-order chi connectivity index (χ1) is 9.58. The van der Waals surface area contributed by atoms with E-state index in [-0.39, 0.29) is 0 Å². The van der Waals surface area contributed by atoms with Gasteiger partial charge in [0.15, 0.2) is 0 Å². The summed E-state index contributed by atoms with van der Waals surface area (Å²) >= 11 is 0. The molecule has 1 aromatic heterocycles. The van der Waals surface area contributed by atoms with Crippen LogP contribution in [0.5, 0.6) is 0 Å². The van der Waals surface area contributed by atoms with Crippen molar-refractivity contribution in [3.8, 4) is 0 Å². The van der Waals surface area contributed by atoms with Gasteiger partial charge in [0.25, 0.3) is 0 Å². The molecule has 2 atom stereocenters. The van der Waals surface area contributed by atoms with Gasteiger partial charge < -0.3 is 5.32 Å². The molecule has 0 aliphatic heterocycles. The van der Waals surface area contributed by atoms with Gasteiger partial charge in [-0.15, -0.1) is 0 Å². The zero-order valence-electron chi connectivity index (χ0n) is 13.4. The molecule has 3 nitrogen and oxygen atoms in total. The van der Waals surface area contributed by atoms with Gasteiger partial charge in [0.1, 0.15) is 0 Å². The molecule has 20 heavy (non-hydrogen) atoms. The number of aromatic nitrogens is 1. The van der Waals surface area contributed by atoms with Crippen LogP contribution in [0.2, 0.25) is 0 Å². The summed E-state index contributed by atoms with van der Waals surface area (Å²) in [6.07, 6.45) is 7.74. The molecule has 0 spiro atoms. The molecule has 0 saturated heterocycles. The number of hydrogen-bond acceptors (Lipinski definition) is 3. The van der Waals surface area contributed by atoms with Crippen LogP contribution in [-0.2, 0) is 6.54 Å². The molecule has 1 aliphatic carbocycles. The maximum atomic E-state index is 4.11. The molecule has 1 aromatic rings. The van der Waals surface area contributed by atoms with Crippen LogP contribution < -0.4 is 5.32 Å². The lowest BCUT2D eigenvalue weighted by atomic mass is 9.70. The van der Waals surface area contributed by atoms with Crippen molar-refractivity contribution in [1.29, 1.82) is 0 Å². The molecule has 2 unspecified atom stereocenters. The summed E-state index contributed by atoms with van der Waals surface area (Å²) in [6.45, 7) is 9.20. The molecule has 3 heteroatoms. The normalized spacial score (nSPS) is 25.9. The molecular formula is C17H29N3. The highest BCUT2D eigenvalue weighted by atomic mass is 15.2. The Bertz CT molecular complexity index is 402. The maximum Gasteiger partial charge on any atom is 0.0271 e. The van der Waals surface area contributed by atoms with E-state index < -0.39 is 0 Å². The molecule has 1 saturated carbocycles. The van der Waals surface area contributed by atoms with Crippen LogP contribution in [0.3, 0.4) is 0 Å². The Kier molecular flexibility index (Phi) is 5.17. The molecule has 1 fully saturated rings. The van der Waals surface area contributed by atoms with Crippen LogP contribution in [0.1, 0.15) is 45.6 Å². The van der Waals surface area contributed by atoms with E-state index in [0.717, 1.165) is 13.1 Å². The number of nitrogens with one attached hydrogen (secondary N) is 1. The van der Waals surface area contributed by atoms with Crippen LogP contribution >= 0.6 is 0 Å². The van der Waals surface area contributed by atoms with E-state index in [4.69, 9.17) is 0 Å². The van der Waals surface area contributed by atoms with E-state index in [0.29, 0.717) is 17.5 Å². The third kappa shape index (κ3) is 3.39. The van der Waals surface area contributed by atoms with E-state index in [1.807, 2.05) is 12.4 Å². The van der Waals surface area contributed by atoms with Crippen LogP contribution in [0.4, 0.5) is 0 Å². The minimum absolute atomic E-state index is 0.378. The summed E-state index contributed by atoms with van der Waals surface area (Å²) in [4.78, 5) is 6.74. The predicted molar refractivity (Wildman–Crippen MR) is 84.6 cm³/mol. The first-order valence-electron chi connectivity index (χ1n) is 7.88. The van der Waals surface area contributed by atoms with Crippen LogP contribution in [0, 0.1) is 5.41 Å². The Balaban J connectivity index is 2.13. The topological polar surface area (TPSA) is 28.2 Å². The number of rotatable bonds is 5. The second-order valence-corrected chi connectivity index (χ2v) is 6.63. The quantitative estimate of drug-likeness (QED) is 0.895. The highest BCUT2D eigenvalue weighted by molar-refractivity contribution is 5.10. The molecule has 1 aliphatic rings. The number of nitrogens with zero attached hydrogens (tertiary/aromatic N) is 2. The van der Waals surface area contributed by atoms with Crippen molar-refractivity contribution in [2.75, 3.05) is 13.6 Å². The monoisotopic (exact) mass is 275 g/mol. The fraction of sp³-hybridized carbons (Fsp3) is 0.706. The SMILES string of the molecule is CCN(Cc1ccncc1)C1CCCC(C)(C)C1NC. The van der Waals surface area contributed by atoms with Gasteiger partial charge in [-0.25, -0.2) is 0 Å². The fourth-order valence-electron chi connectivity index (χ4n) is 3.77. The highest BCUT2D eigenvalue weighted by Crippen LogP contribution is 2.37. The highest BCUT2D eigenvalue weighted by Gasteiger charge is 2.40. The van der Waals surface area contributed by atoms with Crippen molar-refractivity contribution >= 4 is 0 Å². The van der Waals surface area contributed by atoms with Crippen molar-refractivity contribution in [3.05, 3.63) is 30.1 Å². The van der Waals surface area contributed by atoms with Crippen molar-refractivity contribution < 1.29 is 0 Å². The summed E-state index contributed by atoms with van der Waals surface area (Å²) in [6, 6.07) is 5.45. The average molecular weight is 275 g/mol. The van der Waals surface area contributed by atoms with Gasteiger partial charge in [-0.05, 0) is 49.5 Å². The fourth-order valence-corrected chi connectivity index (χ4v) is 3.77. The lowest BCUT2D eigenvalue weighted by molar-refractivity contribution is 0.0505. The zero-order valence-corrected chi connectivity index (χ0v) is 13.4. The molecule has 112 valence electrons. The Morgan fingerprint density at radius 3 is 2.65 bits per heavy atom. The Morgan fingerprint density at radius 2 is 2.05 bits per heavy atom. The van der Waals surface area contributed by atoms with Crippen molar-refractivity contribution in [3.63, 3.8) is 0 Å². The van der Waals surface area contributed by atoms with Gasteiger partial charge in [-0.2, -0.15) is 0 Å². The van der Waals surface area contributed by atoms with E-state index >= 15 is 0 Å². The molecule has 2 rings (SSSR count). The molecule has 0 amide bonds. The molecule has 0 bridgehead atoms. The van der Waals surface area contributed by atoms with Gasteiger partial charge in [0.05, 0.1) is 0 Å². The molecule has 1 heterocycles. The largest absolute Gasteiger partial charge is 0.315 e. The summed E-state index contributed by atoms with van der Waals surface area (Å²) in [7, 11) is 2.12. The molecular weight excluding hydrogens is 246 g/mol. The third-order valence-electron chi connectivity index (χ3n) is 4.87. The Hall–Kier alpha value is -0.930. The summed E-state index contributed by atoms with van der Waals surface area (Å²) in [5, 5.41) is 3.59. The number of hydrogen-bond donors (Lipinski definition) is 1. The Morgan fingerprint density at radius 1 is 1.35 bits per heavy atom. The minimum atomic E-state index is 0.378. The Labute approximate surface area is 123 Å². The van der Waals surface area contributed by atoms with E-state index in [2.05, 4.69) is 55.2 Å². The van der Waals surface area contributed by atoms with Gasteiger partial charge in [-0.1, -0.05) is 27.2 Å². The van der Waals surface area contributed by atoms with Crippen molar-refractivity contribution in [2.45, 2.75) is 58.7 Å². The lowest BCUT2D eigenvalue weighted by Gasteiger charge is -2.48. The zero-order chi connectivity index (χ0) is 14.6. The van der Waals surface area contributed by atoms with Crippen molar-refractivity contribution in [1.82, 2.24) is 15.2 Å². The smallest absolute Gasteiger partial charge is 0.0271 e. The van der Waals surface area contributed by atoms with Gasteiger partial charge in [0, 0.05) is 31.0 Å². The molecule has 0 radical (unpaired) electrons. The molecule has 0 aromatic carbocycles. The molecule has 1 N–H and O–H groups in total. The van der Waals surface area contributed by atoms with Crippen LogP contribution in [0.15, 0.2) is 24.5 Å². The number of likely N-dealkylation sites (N-methyl/N-ethyl adjacent to an activating group) is 2. The summed E-state index contributed by atoms with van der Waals surface area (Å²) < 4.78 is 0. The van der Waals surface area contributed by atoms with Gasteiger partial charge >= 0.3 is 0 Å². The van der Waals surface area contributed by atoms with Gasteiger partial charge in [0.2, 0.25) is 0 Å². The number of pyridine rings is 1. The first kappa shape index (κ1) is 15.5. The van der Waals surface area contributed by atoms with E-state index in [1.54, 1.807) is 0 Å². The summed E-state index contributed by atoms with van der Waals surface area (Å²) in [5.74, 6) is 0. The summed E-state index contributed by atoms with van der Waals surface area (Å²) in [5.41, 5.74) is 1.74. The van der Waals surface area contributed by atoms with Crippen LogP contribution in [-0.4, -0.2) is 35.6 Å². The van der Waals surface area contributed by atoms with E-state index in [1.165, 1.54) is 24.8 Å². The van der Waals surface area contributed by atoms with Crippen LogP contribution in [0.25, 0.3) is 0 Å². The van der Waals surface area contributed by atoms with Gasteiger partial charge in [-0.3, -0.25) is 9.88 Å². The predicted octanol–water partition coefficient (Wildman–Crippen LogP) is 3.07. The second-order valence-electron chi connectivity index (χ2n) is 6.63.